The molecule has 0 aromatic rings. The van der Waals surface area contributed by atoms with E-state index in [1.807, 2.05) is 18.2 Å². The highest BCUT2D eigenvalue weighted by Gasteiger charge is 2.24. The van der Waals surface area contributed by atoms with Crippen molar-refractivity contribution in [2.24, 2.45) is 5.41 Å². The average molecular weight is 205 g/mol. The van der Waals surface area contributed by atoms with E-state index in [1.54, 1.807) is 0 Å². The first-order chi connectivity index (χ1) is 6.74. The van der Waals surface area contributed by atoms with Crippen molar-refractivity contribution in [3.05, 3.63) is 38.0 Å². The first-order valence-electron chi connectivity index (χ1n) is 5.22. The van der Waals surface area contributed by atoms with Gasteiger partial charge in [-0.3, -0.25) is 0 Å². The summed E-state index contributed by atoms with van der Waals surface area (Å²) < 4.78 is 0. The zero-order chi connectivity index (χ0) is 10.9. The molecule has 0 fully saturated rings. The highest BCUT2D eigenvalue weighted by atomic mass is 28.1. The van der Waals surface area contributed by atoms with Crippen molar-refractivity contribution < 1.29 is 0 Å². The molecule has 1 heteroatoms. The van der Waals surface area contributed by atoms with E-state index in [9.17, 15) is 0 Å². The van der Waals surface area contributed by atoms with Crippen molar-refractivity contribution in [3.63, 3.8) is 0 Å². The summed E-state index contributed by atoms with van der Waals surface area (Å²) in [6.07, 6.45) is 11.6. The first kappa shape index (κ1) is 13.4. The maximum absolute atomic E-state index is 3.84. The molecule has 0 nitrogen and oxygen atoms in total. The van der Waals surface area contributed by atoms with Gasteiger partial charge in [0.05, 0.1) is 0 Å². The maximum atomic E-state index is 3.84. The van der Waals surface area contributed by atoms with Crippen molar-refractivity contribution in [1.82, 2.24) is 0 Å². The number of hydrogen-bond acceptors (Lipinski definition) is 0. The Morgan fingerprint density at radius 1 is 0.929 bits per heavy atom. The Morgan fingerprint density at radius 3 is 1.64 bits per heavy atom. The van der Waals surface area contributed by atoms with Crippen LogP contribution in [-0.4, -0.2) is 10.2 Å². The van der Waals surface area contributed by atoms with Gasteiger partial charge in [-0.05, 0) is 31.1 Å². The van der Waals surface area contributed by atoms with Crippen molar-refractivity contribution in [3.8, 4) is 0 Å². The molecule has 0 aromatic heterocycles. The molecule has 0 aliphatic heterocycles. The fourth-order valence-electron chi connectivity index (χ4n) is 1.94. The van der Waals surface area contributed by atoms with Gasteiger partial charge in [0.1, 0.15) is 0 Å². The van der Waals surface area contributed by atoms with Crippen molar-refractivity contribution in [2.45, 2.75) is 38.1 Å². The highest BCUT2D eigenvalue weighted by molar-refractivity contribution is 6.08. The van der Waals surface area contributed by atoms with E-state index in [0.717, 1.165) is 25.3 Å². The summed E-state index contributed by atoms with van der Waals surface area (Å²) in [5, 5.41) is 0. The Hall–Kier alpha value is -0.563. The summed E-state index contributed by atoms with van der Waals surface area (Å²) in [5.41, 5.74) is 0.317. The molecule has 0 N–H and O–H groups in total. The van der Waals surface area contributed by atoms with Crippen LogP contribution in [0.3, 0.4) is 0 Å². The molecule has 0 bridgehead atoms. The summed E-state index contributed by atoms with van der Waals surface area (Å²) >= 11 is 0. The second-order valence-electron chi connectivity index (χ2n) is 3.83. The Balaban J connectivity index is 4.43. The molecule has 0 amide bonds. The Morgan fingerprint density at radius 2 is 1.36 bits per heavy atom. The second kappa shape index (κ2) is 7.81. The van der Waals surface area contributed by atoms with Crippen LogP contribution >= 0.6 is 0 Å². The minimum absolute atomic E-state index is 0.317. The zero-order valence-electron chi connectivity index (χ0n) is 9.10. The van der Waals surface area contributed by atoms with Crippen LogP contribution in [0.25, 0.3) is 0 Å². The van der Waals surface area contributed by atoms with Crippen molar-refractivity contribution in [2.75, 3.05) is 0 Å². The number of allylic oxidation sites excluding steroid dienone is 3. The molecule has 0 rings (SSSR count). The van der Waals surface area contributed by atoms with Gasteiger partial charge < -0.3 is 0 Å². The molecular formula is C13H21Si. The Labute approximate surface area is 92.2 Å². The van der Waals surface area contributed by atoms with Gasteiger partial charge in [0.25, 0.3) is 0 Å². The summed E-state index contributed by atoms with van der Waals surface area (Å²) in [4.78, 5) is 0. The molecule has 0 saturated heterocycles. The van der Waals surface area contributed by atoms with Crippen LogP contribution in [0.5, 0.6) is 0 Å². The molecule has 77 valence electrons. The standard InChI is InChI=1S/C13H21Si/c1-4-8-13(9-5-2,10-6-3)11-7-12-14/h4-6H,1-3,7-12H2. The second-order valence-corrected chi connectivity index (χ2v) is 4.33. The molecule has 0 aliphatic carbocycles. The van der Waals surface area contributed by atoms with Crippen LogP contribution in [-0.2, 0) is 0 Å². The van der Waals surface area contributed by atoms with Crippen LogP contribution in [0, 0.1) is 5.41 Å². The van der Waals surface area contributed by atoms with E-state index in [-0.39, 0.29) is 0 Å². The maximum Gasteiger partial charge on any atom is 0.0222 e. The molecule has 0 aliphatic rings. The minimum atomic E-state index is 0.317. The third kappa shape index (κ3) is 4.61. The number of hydrogen-bond donors (Lipinski definition) is 0. The molecule has 0 saturated carbocycles. The topological polar surface area (TPSA) is 0 Å². The monoisotopic (exact) mass is 205 g/mol. The normalized spacial score (nSPS) is 10.9. The van der Waals surface area contributed by atoms with Crippen molar-refractivity contribution in [1.29, 1.82) is 0 Å². The van der Waals surface area contributed by atoms with Crippen LogP contribution in [0.2, 0.25) is 6.04 Å². The lowest BCUT2D eigenvalue weighted by molar-refractivity contribution is 0.269. The van der Waals surface area contributed by atoms with Gasteiger partial charge in [-0.25, -0.2) is 0 Å². The SMILES string of the molecule is C=CCC(CC=C)(CC=C)CCC[Si]. The summed E-state index contributed by atoms with van der Waals surface area (Å²) in [6.45, 7) is 11.5. The smallest absolute Gasteiger partial charge is 0.0222 e. The Bertz CT molecular complexity index is 155. The summed E-state index contributed by atoms with van der Waals surface area (Å²) in [5.74, 6) is 0. The van der Waals surface area contributed by atoms with Gasteiger partial charge in [0.2, 0.25) is 0 Å². The molecular weight excluding hydrogens is 184 g/mol. The van der Waals surface area contributed by atoms with E-state index in [1.165, 1.54) is 12.8 Å². The molecule has 0 unspecified atom stereocenters. The molecule has 0 spiro atoms. The van der Waals surface area contributed by atoms with E-state index in [0.29, 0.717) is 5.41 Å². The van der Waals surface area contributed by atoms with Crippen LogP contribution in [0.1, 0.15) is 32.1 Å². The van der Waals surface area contributed by atoms with Crippen LogP contribution < -0.4 is 0 Å². The average Bonchev–Trinajstić information content (AvgIpc) is 2.16. The molecule has 0 heterocycles. The predicted molar refractivity (Wildman–Crippen MR) is 66.7 cm³/mol. The van der Waals surface area contributed by atoms with Gasteiger partial charge in [0.15, 0.2) is 0 Å². The third-order valence-corrected chi connectivity index (χ3v) is 2.97. The summed E-state index contributed by atoms with van der Waals surface area (Å²) in [6, 6.07) is 1.06. The van der Waals surface area contributed by atoms with Crippen LogP contribution in [0.4, 0.5) is 0 Å². The van der Waals surface area contributed by atoms with E-state index in [2.05, 4.69) is 30.0 Å². The Kier molecular flexibility index (Phi) is 7.49. The fraction of sp³-hybridized carbons (Fsp3) is 0.538. The lowest BCUT2D eigenvalue weighted by Gasteiger charge is -2.31. The molecule has 0 atom stereocenters. The largest absolute Gasteiger partial charge is 0.103 e. The predicted octanol–water partition coefficient (Wildman–Crippen LogP) is 4.07. The van der Waals surface area contributed by atoms with Crippen LogP contribution in [0.15, 0.2) is 38.0 Å². The lowest BCUT2D eigenvalue weighted by atomic mass is 9.74. The molecule has 0 aromatic carbocycles. The van der Waals surface area contributed by atoms with Gasteiger partial charge in [-0.1, -0.05) is 30.7 Å². The third-order valence-electron chi connectivity index (χ3n) is 2.62. The van der Waals surface area contributed by atoms with E-state index < -0.39 is 0 Å². The van der Waals surface area contributed by atoms with E-state index in [4.69, 9.17) is 0 Å². The first-order valence-corrected chi connectivity index (χ1v) is 5.92. The lowest BCUT2D eigenvalue weighted by Crippen LogP contribution is -2.18. The minimum Gasteiger partial charge on any atom is -0.103 e. The van der Waals surface area contributed by atoms with E-state index >= 15 is 0 Å². The zero-order valence-corrected chi connectivity index (χ0v) is 10.1. The highest BCUT2D eigenvalue weighted by Crippen LogP contribution is 2.37. The fourth-order valence-corrected chi connectivity index (χ4v) is 2.11. The molecule has 14 heavy (non-hydrogen) atoms. The van der Waals surface area contributed by atoms with Gasteiger partial charge >= 0.3 is 0 Å². The molecule has 3 radical (unpaired) electrons. The number of rotatable bonds is 9. The van der Waals surface area contributed by atoms with Gasteiger partial charge in [-0.15, -0.1) is 19.7 Å². The quantitative estimate of drug-likeness (QED) is 0.393. The van der Waals surface area contributed by atoms with Gasteiger partial charge in [0, 0.05) is 10.2 Å². The summed E-state index contributed by atoms with van der Waals surface area (Å²) in [7, 11) is 3.52. The van der Waals surface area contributed by atoms with Gasteiger partial charge in [-0.2, -0.15) is 0 Å². The van der Waals surface area contributed by atoms with Crippen molar-refractivity contribution >= 4 is 10.2 Å².